The summed E-state index contributed by atoms with van der Waals surface area (Å²) in [4.78, 5) is 1.02. The first-order chi connectivity index (χ1) is 13.4. The van der Waals surface area contributed by atoms with Gasteiger partial charge in [0.15, 0.2) is 0 Å². The van der Waals surface area contributed by atoms with Gasteiger partial charge in [-0.05, 0) is 100 Å². The van der Waals surface area contributed by atoms with Crippen LogP contribution in [0.4, 0.5) is 0 Å². The molecule has 0 spiro atoms. The smallest absolute Gasteiger partial charge is 0.149 e. The second kappa shape index (κ2) is 8.47. The second-order valence-corrected chi connectivity index (χ2v) is 11.7. The molecule has 4 rings (SSSR count). The Morgan fingerprint density at radius 1 is 0.643 bits per heavy atom. The van der Waals surface area contributed by atoms with Gasteiger partial charge >= 0.3 is 0 Å². The SMILES string of the molecule is O=S(Cl)c1c(I)cc2ccccc2c1-c1c(S(=O)Cl)c(I)cc2ccccc12. The minimum Gasteiger partial charge on any atom is -0.237 e. The first-order valence-corrected chi connectivity index (χ1v) is 14.1. The average Bonchev–Trinajstić information content (AvgIpc) is 2.65. The van der Waals surface area contributed by atoms with Crippen LogP contribution in [0.1, 0.15) is 0 Å². The maximum absolute atomic E-state index is 12.6. The maximum atomic E-state index is 12.6. The fourth-order valence-electron chi connectivity index (χ4n) is 3.40. The zero-order valence-corrected chi connectivity index (χ0v) is 21.4. The number of fused-ring (bicyclic) bond motifs is 2. The molecule has 0 radical (unpaired) electrons. The Bertz CT molecular complexity index is 1210. The highest BCUT2D eigenvalue weighted by Crippen LogP contribution is 2.45. The highest BCUT2D eigenvalue weighted by molar-refractivity contribution is 14.1. The third kappa shape index (κ3) is 3.65. The second-order valence-electron chi connectivity index (χ2n) is 6.01. The van der Waals surface area contributed by atoms with Crippen molar-refractivity contribution < 1.29 is 8.42 Å². The lowest BCUT2D eigenvalue weighted by atomic mass is 9.94. The van der Waals surface area contributed by atoms with Gasteiger partial charge in [0.25, 0.3) is 0 Å². The van der Waals surface area contributed by atoms with E-state index in [9.17, 15) is 8.42 Å². The van der Waals surface area contributed by atoms with E-state index in [-0.39, 0.29) is 0 Å². The number of halogens is 4. The molecule has 142 valence electrons. The van der Waals surface area contributed by atoms with E-state index in [4.69, 9.17) is 21.4 Å². The highest BCUT2D eigenvalue weighted by atomic mass is 127. The Balaban J connectivity index is 2.34. The van der Waals surface area contributed by atoms with Gasteiger partial charge in [-0.1, -0.05) is 48.5 Å². The van der Waals surface area contributed by atoms with E-state index < -0.39 is 20.0 Å². The highest BCUT2D eigenvalue weighted by Gasteiger charge is 2.25. The number of rotatable bonds is 3. The lowest BCUT2D eigenvalue weighted by Gasteiger charge is -2.18. The molecule has 28 heavy (non-hydrogen) atoms. The number of hydrogen-bond acceptors (Lipinski definition) is 2. The molecule has 4 aromatic rings. The van der Waals surface area contributed by atoms with Crippen LogP contribution in [0.25, 0.3) is 32.7 Å². The first kappa shape index (κ1) is 21.0. The Morgan fingerprint density at radius 3 is 1.36 bits per heavy atom. The number of benzene rings is 4. The van der Waals surface area contributed by atoms with Gasteiger partial charge < -0.3 is 0 Å². The summed E-state index contributed by atoms with van der Waals surface area (Å²) in [6.07, 6.45) is 0. The standard InChI is InChI=1S/C20H10Cl2I2O2S2/c21-27(25)19-15(23)9-11-5-1-3-7-13(11)17(19)18-14-8-4-2-6-12(14)10-16(24)20(18)28(22)26/h1-10H. The Hall–Kier alpha value is -0.260. The van der Waals surface area contributed by atoms with Gasteiger partial charge in [-0.2, -0.15) is 0 Å². The summed E-state index contributed by atoms with van der Waals surface area (Å²) in [5.41, 5.74) is 1.43. The van der Waals surface area contributed by atoms with Crippen molar-refractivity contribution in [2.45, 2.75) is 9.79 Å². The van der Waals surface area contributed by atoms with Crippen molar-refractivity contribution in [3.63, 3.8) is 0 Å². The van der Waals surface area contributed by atoms with Gasteiger partial charge in [-0.15, -0.1) is 0 Å². The normalized spacial score (nSPS) is 13.7. The van der Waals surface area contributed by atoms with Crippen LogP contribution in [0.15, 0.2) is 70.5 Å². The molecular formula is C20H10Cl2I2O2S2. The van der Waals surface area contributed by atoms with Crippen LogP contribution in [0.5, 0.6) is 0 Å². The summed E-state index contributed by atoms with van der Waals surface area (Å²) in [6.45, 7) is 0. The van der Waals surface area contributed by atoms with E-state index in [1.54, 1.807) is 0 Å². The quantitative estimate of drug-likeness (QED) is 0.168. The fraction of sp³-hybridized carbons (Fsp3) is 0. The Morgan fingerprint density at radius 2 is 1.00 bits per heavy atom. The summed E-state index contributed by atoms with van der Waals surface area (Å²) in [5, 5.41) is 3.76. The van der Waals surface area contributed by atoms with Crippen LogP contribution >= 0.6 is 66.5 Å². The van der Waals surface area contributed by atoms with Crippen molar-refractivity contribution in [2.75, 3.05) is 0 Å². The summed E-state index contributed by atoms with van der Waals surface area (Å²) in [5.74, 6) is 0. The van der Waals surface area contributed by atoms with Crippen LogP contribution in [0.3, 0.4) is 0 Å². The first-order valence-electron chi connectivity index (χ1n) is 7.99. The zero-order chi connectivity index (χ0) is 20.0. The van der Waals surface area contributed by atoms with Gasteiger partial charge in [0.05, 0.1) is 9.79 Å². The third-order valence-electron chi connectivity index (χ3n) is 4.48. The van der Waals surface area contributed by atoms with Crippen LogP contribution < -0.4 is 0 Å². The van der Waals surface area contributed by atoms with Crippen molar-refractivity contribution >= 4 is 108 Å². The van der Waals surface area contributed by atoms with Gasteiger partial charge in [0, 0.05) is 18.3 Å². The summed E-state index contributed by atoms with van der Waals surface area (Å²) in [7, 11) is 8.77. The molecule has 0 aromatic heterocycles. The molecule has 0 heterocycles. The Kier molecular flexibility index (Phi) is 6.35. The molecule has 2 unspecified atom stereocenters. The summed E-state index contributed by atoms with van der Waals surface area (Å²) >= 11 is 4.30. The van der Waals surface area contributed by atoms with Crippen molar-refractivity contribution in [2.24, 2.45) is 0 Å². The molecule has 2 nitrogen and oxygen atoms in total. The van der Waals surface area contributed by atoms with Gasteiger partial charge in [-0.25, -0.2) is 8.42 Å². The molecule has 0 aliphatic rings. The monoisotopic (exact) mass is 670 g/mol. The predicted octanol–water partition coefficient (Wildman–Crippen LogP) is 7.39. The van der Waals surface area contributed by atoms with Crippen molar-refractivity contribution in [1.29, 1.82) is 0 Å². The molecule has 8 heteroatoms. The van der Waals surface area contributed by atoms with E-state index >= 15 is 0 Å². The third-order valence-corrected chi connectivity index (χ3v) is 9.33. The fourth-order valence-corrected chi connectivity index (χ4v) is 8.72. The van der Waals surface area contributed by atoms with E-state index in [2.05, 4.69) is 45.2 Å². The molecule has 0 saturated carbocycles. The molecule has 0 saturated heterocycles. The predicted molar refractivity (Wildman–Crippen MR) is 137 cm³/mol. The lowest BCUT2D eigenvalue weighted by Crippen LogP contribution is -2.00. The van der Waals surface area contributed by atoms with Gasteiger partial charge in [-0.3, -0.25) is 0 Å². The largest absolute Gasteiger partial charge is 0.237 e. The van der Waals surface area contributed by atoms with Crippen molar-refractivity contribution in [3.8, 4) is 11.1 Å². The van der Waals surface area contributed by atoms with Crippen molar-refractivity contribution in [1.82, 2.24) is 0 Å². The van der Waals surface area contributed by atoms with Crippen molar-refractivity contribution in [3.05, 3.63) is 67.8 Å². The molecule has 0 fully saturated rings. The minimum atomic E-state index is -1.76. The zero-order valence-electron chi connectivity index (χ0n) is 13.9. The molecule has 0 bridgehead atoms. The van der Waals surface area contributed by atoms with E-state index in [1.165, 1.54) is 0 Å². The molecule has 4 aromatic carbocycles. The topological polar surface area (TPSA) is 34.1 Å². The summed E-state index contributed by atoms with van der Waals surface area (Å²) < 4.78 is 26.7. The Labute approximate surface area is 203 Å². The van der Waals surface area contributed by atoms with Crippen LogP contribution in [-0.4, -0.2) is 8.42 Å². The van der Waals surface area contributed by atoms with Crippen LogP contribution in [0.2, 0.25) is 0 Å². The average molecular weight is 671 g/mol. The van der Waals surface area contributed by atoms with Crippen LogP contribution in [0, 0.1) is 7.14 Å². The van der Waals surface area contributed by atoms with Crippen LogP contribution in [-0.2, 0) is 20.0 Å². The summed E-state index contributed by atoms with van der Waals surface area (Å²) in [6, 6.07) is 19.6. The molecule has 0 amide bonds. The van der Waals surface area contributed by atoms with E-state index in [0.717, 1.165) is 39.8 Å². The molecule has 0 aliphatic heterocycles. The number of hydrogen-bond donors (Lipinski definition) is 0. The van der Waals surface area contributed by atoms with Gasteiger partial charge in [0.2, 0.25) is 0 Å². The van der Waals surface area contributed by atoms with E-state index in [0.29, 0.717) is 9.79 Å². The molecule has 0 aliphatic carbocycles. The van der Waals surface area contributed by atoms with E-state index in [1.807, 2.05) is 60.7 Å². The molecule has 0 N–H and O–H groups in total. The lowest BCUT2D eigenvalue weighted by molar-refractivity contribution is 0.689. The molecular weight excluding hydrogens is 661 g/mol. The molecule has 2 atom stereocenters. The minimum absolute atomic E-state index is 0.511. The van der Waals surface area contributed by atoms with Gasteiger partial charge in [0.1, 0.15) is 20.0 Å². The maximum Gasteiger partial charge on any atom is 0.149 e.